The number of nitrogens with zero attached hydrogens (tertiary/aromatic N) is 2. The molecule has 0 aliphatic heterocycles. The summed E-state index contributed by atoms with van der Waals surface area (Å²) < 4.78 is 2.14. The number of hydrogen-bond acceptors (Lipinski definition) is 4. The first kappa shape index (κ1) is 19.9. The first-order valence-corrected chi connectivity index (χ1v) is 10.7. The summed E-state index contributed by atoms with van der Waals surface area (Å²) in [6.07, 6.45) is 0.861. The monoisotopic (exact) mass is 416 g/mol. The van der Waals surface area contributed by atoms with Gasteiger partial charge in [-0.1, -0.05) is 48.0 Å². The van der Waals surface area contributed by atoms with Gasteiger partial charge in [0.25, 0.3) is 5.91 Å². The largest absolute Gasteiger partial charge is 0.366 e. The van der Waals surface area contributed by atoms with Gasteiger partial charge in [0.15, 0.2) is 5.13 Å². The number of thiazole rings is 1. The van der Waals surface area contributed by atoms with E-state index in [1.807, 2.05) is 48.7 Å². The van der Waals surface area contributed by atoms with Crippen LogP contribution in [0.15, 0.2) is 66.0 Å². The number of benzene rings is 2. The number of primary amides is 1. The van der Waals surface area contributed by atoms with E-state index in [9.17, 15) is 4.79 Å². The minimum absolute atomic E-state index is 0.416. The van der Waals surface area contributed by atoms with Crippen LogP contribution in [0, 0.1) is 13.8 Å². The molecule has 0 saturated heterocycles. The topological polar surface area (TPSA) is 72.9 Å². The number of aromatic nitrogens is 2. The molecule has 0 spiro atoms. The van der Waals surface area contributed by atoms with E-state index in [1.54, 1.807) is 0 Å². The zero-order chi connectivity index (χ0) is 21.1. The van der Waals surface area contributed by atoms with Crippen molar-refractivity contribution >= 4 is 28.1 Å². The minimum atomic E-state index is -0.416. The summed E-state index contributed by atoms with van der Waals surface area (Å²) in [5.41, 5.74) is 12.3. The van der Waals surface area contributed by atoms with Gasteiger partial charge in [-0.25, -0.2) is 4.98 Å². The molecule has 0 fully saturated rings. The molecule has 0 aliphatic carbocycles. The average Bonchev–Trinajstić information content (AvgIpc) is 3.32. The van der Waals surface area contributed by atoms with Crippen LogP contribution in [-0.2, 0) is 13.0 Å². The van der Waals surface area contributed by atoms with Crippen molar-refractivity contribution in [1.29, 1.82) is 0 Å². The van der Waals surface area contributed by atoms with Crippen LogP contribution in [0.25, 0.3) is 11.4 Å². The number of nitrogens with one attached hydrogen (secondary N) is 1. The maximum Gasteiger partial charge on any atom is 0.250 e. The van der Waals surface area contributed by atoms with E-state index in [0.717, 1.165) is 40.9 Å². The molecule has 0 atom stereocenters. The van der Waals surface area contributed by atoms with Crippen LogP contribution < -0.4 is 11.1 Å². The van der Waals surface area contributed by atoms with Crippen molar-refractivity contribution in [3.05, 3.63) is 88.4 Å². The van der Waals surface area contributed by atoms with Crippen LogP contribution in [0.3, 0.4) is 0 Å². The molecule has 0 bridgehead atoms. The summed E-state index contributed by atoms with van der Waals surface area (Å²) in [7, 11) is 0. The van der Waals surface area contributed by atoms with Crippen molar-refractivity contribution in [3.63, 3.8) is 0 Å². The van der Waals surface area contributed by atoms with Crippen LogP contribution in [-0.4, -0.2) is 15.5 Å². The lowest BCUT2D eigenvalue weighted by atomic mass is 10.1. The van der Waals surface area contributed by atoms with Crippen LogP contribution >= 0.6 is 11.3 Å². The first-order valence-electron chi connectivity index (χ1n) is 9.84. The molecular formula is C24H24N4OS. The second-order valence-electron chi connectivity index (χ2n) is 7.31. The summed E-state index contributed by atoms with van der Waals surface area (Å²) in [5, 5.41) is 6.14. The standard InChI is InChI=1S/C24H24N4OS/c1-16-8-10-18(11-9-16)12-13-28-17(2)20(23(25)29)14-22(28)21-15-30-24(27-21)26-19-6-4-3-5-7-19/h3-11,14-15H,12-13H2,1-2H3,(H2,25,29)(H,26,27). The normalized spacial score (nSPS) is 10.9. The fourth-order valence-corrected chi connectivity index (χ4v) is 4.21. The number of carbonyl (C=O) groups excluding carboxylic acids is 1. The molecule has 0 radical (unpaired) electrons. The van der Waals surface area contributed by atoms with Gasteiger partial charge in [0, 0.05) is 23.3 Å². The van der Waals surface area contributed by atoms with Crippen LogP contribution in [0.5, 0.6) is 0 Å². The van der Waals surface area contributed by atoms with Crippen LogP contribution in [0.2, 0.25) is 0 Å². The molecule has 3 N–H and O–H groups in total. The highest BCUT2D eigenvalue weighted by atomic mass is 32.1. The highest BCUT2D eigenvalue weighted by Crippen LogP contribution is 2.30. The van der Waals surface area contributed by atoms with E-state index in [2.05, 4.69) is 41.1 Å². The molecule has 0 saturated carbocycles. The van der Waals surface area contributed by atoms with Crippen LogP contribution in [0.4, 0.5) is 10.8 Å². The summed E-state index contributed by atoms with van der Waals surface area (Å²) >= 11 is 1.54. The Morgan fingerprint density at radius 1 is 1.10 bits per heavy atom. The van der Waals surface area contributed by atoms with Gasteiger partial charge in [-0.3, -0.25) is 4.79 Å². The number of amides is 1. The third kappa shape index (κ3) is 4.28. The Balaban J connectivity index is 1.63. The number of nitrogens with two attached hydrogens (primary N) is 1. The highest BCUT2D eigenvalue weighted by Gasteiger charge is 2.18. The second-order valence-corrected chi connectivity index (χ2v) is 8.17. The molecule has 2 aromatic heterocycles. The molecule has 6 heteroatoms. The third-order valence-corrected chi connectivity index (χ3v) is 5.93. The number of para-hydroxylation sites is 1. The maximum atomic E-state index is 12.0. The number of carbonyl (C=O) groups is 1. The predicted octanol–water partition coefficient (Wildman–Crippen LogP) is 5.31. The Bertz CT molecular complexity index is 1160. The van der Waals surface area contributed by atoms with Crippen molar-refractivity contribution in [2.45, 2.75) is 26.8 Å². The van der Waals surface area contributed by atoms with Crippen LogP contribution in [0.1, 0.15) is 27.2 Å². The summed E-state index contributed by atoms with van der Waals surface area (Å²) in [6.45, 7) is 4.77. The van der Waals surface area contributed by atoms with E-state index in [1.165, 1.54) is 22.5 Å². The van der Waals surface area contributed by atoms with E-state index < -0.39 is 5.91 Å². The van der Waals surface area contributed by atoms with Crippen molar-refractivity contribution in [3.8, 4) is 11.4 Å². The summed E-state index contributed by atoms with van der Waals surface area (Å²) in [5.74, 6) is -0.416. The highest BCUT2D eigenvalue weighted by molar-refractivity contribution is 7.14. The average molecular weight is 417 g/mol. The van der Waals surface area contributed by atoms with Gasteiger partial charge < -0.3 is 15.6 Å². The van der Waals surface area contributed by atoms with E-state index in [4.69, 9.17) is 10.7 Å². The Morgan fingerprint density at radius 2 is 1.83 bits per heavy atom. The Morgan fingerprint density at radius 3 is 2.53 bits per heavy atom. The molecular weight excluding hydrogens is 392 g/mol. The van der Waals surface area contributed by atoms with Gasteiger partial charge in [0.1, 0.15) is 0 Å². The van der Waals surface area contributed by atoms with Crippen molar-refractivity contribution in [2.75, 3.05) is 5.32 Å². The van der Waals surface area contributed by atoms with Gasteiger partial charge in [-0.2, -0.15) is 0 Å². The number of rotatable bonds is 7. The second kappa shape index (κ2) is 8.55. The quantitative estimate of drug-likeness (QED) is 0.429. The summed E-state index contributed by atoms with van der Waals surface area (Å²) in [6, 6.07) is 20.3. The Labute approximate surface area is 180 Å². The lowest BCUT2D eigenvalue weighted by molar-refractivity contribution is 0.0999. The molecule has 1 amide bonds. The Kier molecular flexibility index (Phi) is 5.68. The molecule has 2 aromatic carbocycles. The molecule has 0 unspecified atom stereocenters. The van der Waals surface area contributed by atoms with Gasteiger partial charge in [0.05, 0.1) is 17.0 Å². The van der Waals surface area contributed by atoms with Crippen molar-refractivity contribution in [1.82, 2.24) is 9.55 Å². The molecule has 5 nitrogen and oxygen atoms in total. The van der Waals surface area contributed by atoms with E-state index >= 15 is 0 Å². The smallest absolute Gasteiger partial charge is 0.250 e. The first-order chi connectivity index (χ1) is 14.5. The fraction of sp³-hybridized carbons (Fsp3) is 0.167. The minimum Gasteiger partial charge on any atom is -0.366 e. The van der Waals surface area contributed by atoms with Gasteiger partial charge in [-0.15, -0.1) is 11.3 Å². The maximum absolute atomic E-state index is 12.0. The molecule has 4 aromatic rings. The molecule has 0 aliphatic rings. The third-order valence-electron chi connectivity index (χ3n) is 5.17. The fourth-order valence-electron chi connectivity index (χ4n) is 3.48. The van der Waals surface area contributed by atoms with Gasteiger partial charge >= 0.3 is 0 Å². The zero-order valence-corrected chi connectivity index (χ0v) is 17.9. The Hall–Kier alpha value is -3.38. The molecule has 4 rings (SSSR count). The number of aryl methyl sites for hydroxylation is 2. The lowest BCUT2D eigenvalue weighted by Crippen LogP contribution is -2.13. The van der Waals surface area contributed by atoms with Gasteiger partial charge in [0.2, 0.25) is 0 Å². The number of anilines is 2. The summed E-state index contributed by atoms with van der Waals surface area (Å²) in [4.78, 5) is 16.7. The van der Waals surface area contributed by atoms with Crippen molar-refractivity contribution < 1.29 is 4.79 Å². The molecule has 30 heavy (non-hydrogen) atoms. The van der Waals surface area contributed by atoms with Gasteiger partial charge in [-0.05, 0) is 44.0 Å². The van der Waals surface area contributed by atoms with Crippen molar-refractivity contribution in [2.24, 2.45) is 5.73 Å². The van der Waals surface area contributed by atoms with E-state index in [0.29, 0.717) is 5.56 Å². The predicted molar refractivity (Wildman–Crippen MR) is 123 cm³/mol. The van der Waals surface area contributed by atoms with E-state index in [-0.39, 0.29) is 0 Å². The number of hydrogen-bond donors (Lipinski definition) is 2. The molecule has 152 valence electrons. The zero-order valence-electron chi connectivity index (χ0n) is 17.1. The lowest BCUT2D eigenvalue weighted by Gasteiger charge is -2.11. The molecule has 2 heterocycles. The SMILES string of the molecule is Cc1ccc(CCn2c(-c3csc(Nc4ccccc4)n3)cc(C(N)=O)c2C)cc1.